The molecule has 0 unspecified atom stereocenters. The maximum atomic E-state index is 11.9. The SMILES string of the molecule is C[C@@H](OC(=O)/C=C/c1ccco1)C(=O)Nc1ccc(Cl)cn1. The van der Waals surface area contributed by atoms with Gasteiger partial charge < -0.3 is 14.5 Å². The minimum absolute atomic E-state index is 0.323. The number of rotatable bonds is 5. The Bertz CT molecular complexity index is 665. The van der Waals surface area contributed by atoms with Crippen molar-refractivity contribution in [3.63, 3.8) is 0 Å². The van der Waals surface area contributed by atoms with Crippen LogP contribution in [-0.4, -0.2) is 23.0 Å². The minimum Gasteiger partial charge on any atom is -0.465 e. The van der Waals surface area contributed by atoms with E-state index in [4.69, 9.17) is 20.8 Å². The molecule has 2 heterocycles. The highest BCUT2D eigenvalue weighted by Gasteiger charge is 2.17. The summed E-state index contributed by atoms with van der Waals surface area (Å²) in [7, 11) is 0. The largest absolute Gasteiger partial charge is 0.465 e. The zero-order chi connectivity index (χ0) is 15.9. The molecule has 1 amide bonds. The van der Waals surface area contributed by atoms with Crippen molar-refractivity contribution in [1.29, 1.82) is 0 Å². The van der Waals surface area contributed by atoms with Gasteiger partial charge >= 0.3 is 5.97 Å². The first-order valence-electron chi connectivity index (χ1n) is 6.39. The maximum Gasteiger partial charge on any atom is 0.331 e. The molecule has 0 aliphatic carbocycles. The molecule has 0 fully saturated rings. The molecule has 0 saturated heterocycles. The Morgan fingerprint density at radius 3 is 2.86 bits per heavy atom. The van der Waals surface area contributed by atoms with Gasteiger partial charge in [-0.2, -0.15) is 0 Å². The number of esters is 1. The highest BCUT2D eigenvalue weighted by Crippen LogP contribution is 2.10. The van der Waals surface area contributed by atoms with Crippen molar-refractivity contribution in [1.82, 2.24) is 4.98 Å². The van der Waals surface area contributed by atoms with E-state index < -0.39 is 18.0 Å². The molecule has 0 bridgehead atoms. The molecule has 6 nitrogen and oxygen atoms in total. The van der Waals surface area contributed by atoms with E-state index in [1.54, 1.807) is 24.3 Å². The van der Waals surface area contributed by atoms with Crippen molar-refractivity contribution >= 4 is 35.4 Å². The summed E-state index contributed by atoms with van der Waals surface area (Å²) in [5.41, 5.74) is 0. The van der Waals surface area contributed by atoms with Crippen molar-refractivity contribution in [3.8, 4) is 0 Å². The topological polar surface area (TPSA) is 81.4 Å². The molecule has 114 valence electrons. The second-order valence-corrected chi connectivity index (χ2v) is 4.72. The van der Waals surface area contributed by atoms with Crippen LogP contribution >= 0.6 is 11.6 Å². The number of carbonyl (C=O) groups is 2. The van der Waals surface area contributed by atoms with Crippen LogP contribution in [0.1, 0.15) is 12.7 Å². The Morgan fingerprint density at radius 1 is 1.41 bits per heavy atom. The number of nitrogens with zero attached hydrogens (tertiary/aromatic N) is 1. The molecule has 1 N–H and O–H groups in total. The molecule has 0 spiro atoms. The Hall–Kier alpha value is -2.60. The molecule has 0 aromatic carbocycles. The summed E-state index contributed by atoms with van der Waals surface area (Å²) in [5, 5.41) is 2.97. The van der Waals surface area contributed by atoms with Gasteiger partial charge in [0.25, 0.3) is 5.91 Å². The van der Waals surface area contributed by atoms with Gasteiger partial charge in [0.1, 0.15) is 11.6 Å². The summed E-state index contributed by atoms with van der Waals surface area (Å²) >= 11 is 5.70. The quantitative estimate of drug-likeness (QED) is 0.676. The highest BCUT2D eigenvalue weighted by molar-refractivity contribution is 6.30. The first-order chi connectivity index (χ1) is 10.5. The Kier molecular flexibility index (Phi) is 5.32. The molecule has 0 aliphatic rings. The van der Waals surface area contributed by atoms with Gasteiger partial charge in [-0.05, 0) is 37.3 Å². The van der Waals surface area contributed by atoms with Gasteiger partial charge in [-0.25, -0.2) is 9.78 Å². The van der Waals surface area contributed by atoms with Gasteiger partial charge in [0.15, 0.2) is 6.10 Å². The number of carbonyl (C=O) groups excluding carboxylic acids is 2. The lowest BCUT2D eigenvalue weighted by molar-refractivity contribution is -0.148. The summed E-state index contributed by atoms with van der Waals surface area (Å²) in [5.74, 6) is -0.305. The number of furan rings is 1. The van der Waals surface area contributed by atoms with Gasteiger partial charge in [0, 0.05) is 12.3 Å². The first kappa shape index (κ1) is 15.8. The van der Waals surface area contributed by atoms with Crippen molar-refractivity contribution in [2.24, 2.45) is 0 Å². The van der Waals surface area contributed by atoms with E-state index in [9.17, 15) is 9.59 Å². The number of nitrogens with one attached hydrogen (secondary N) is 1. The van der Waals surface area contributed by atoms with E-state index in [1.165, 1.54) is 31.5 Å². The predicted octanol–water partition coefficient (Wildman–Crippen LogP) is 2.91. The van der Waals surface area contributed by atoms with Crippen LogP contribution in [0.5, 0.6) is 0 Å². The highest BCUT2D eigenvalue weighted by atomic mass is 35.5. The third kappa shape index (κ3) is 4.75. The summed E-state index contributed by atoms with van der Waals surface area (Å²) in [6.07, 6.45) is 4.56. The summed E-state index contributed by atoms with van der Waals surface area (Å²) in [4.78, 5) is 27.4. The fourth-order valence-corrected chi connectivity index (χ4v) is 1.59. The van der Waals surface area contributed by atoms with Crippen LogP contribution in [0.15, 0.2) is 47.2 Å². The number of amides is 1. The third-order valence-electron chi connectivity index (χ3n) is 2.57. The number of hydrogen-bond donors (Lipinski definition) is 1. The number of hydrogen-bond acceptors (Lipinski definition) is 5. The van der Waals surface area contributed by atoms with Crippen LogP contribution < -0.4 is 5.32 Å². The molecule has 1 atom stereocenters. The second kappa shape index (κ2) is 7.42. The number of anilines is 1. The summed E-state index contributed by atoms with van der Waals surface area (Å²) in [6, 6.07) is 6.52. The van der Waals surface area contributed by atoms with E-state index >= 15 is 0 Å². The van der Waals surface area contributed by atoms with Gasteiger partial charge in [0.2, 0.25) is 0 Å². The third-order valence-corrected chi connectivity index (χ3v) is 2.79. The van der Waals surface area contributed by atoms with Crippen LogP contribution in [0.25, 0.3) is 6.08 Å². The van der Waals surface area contributed by atoms with E-state index in [1.807, 2.05) is 0 Å². The van der Waals surface area contributed by atoms with E-state index in [-0.39, 0.29) is 0 Å². The number of aromatic nitrogens is 1. The van der Waals surface area contributed by atoms with Crippen molar-refractivity contribution in [2.45, 2.75) is 13.0 Å². The Balaban J connectivity index is 1.85. The minimum atomic E-state index is -0.966. The predicted molar refractivity (Wildman–Crippen MR) is 81.2 cm³/mol. The molecule has 2 aromatic heterocycles. The fourth-order valence-electron chi connectivity index (χ4n) is 1.48. The molecule has 2 aromatic rings. The van der Waals surface area contributed by atoms with Crippen molar-refractivity contribution in [2.75, 3.05) is 5.32 Å². The smallest absolute Gasteiger partial charge is 0.331 e. The molecular formula is C15H13ClN2O4. The summed E-state index contributed by atoms with van der Waals surface area (Å²) in [6.45, 7) is 1.46. The molecule has 0 saturated carbocycles. The van der Waals surface area contributed by atoms with Gasteiger partial charge in [0.05, 0.1) is 11.3 Å². The summed E-state index contributed by atoms with van der Waals surface area (Å²) < 4.78 is 10.0. The number of pyridine rings is 1. The lowest BCUT2D eigenvalue weighted by Crippen LogP contribution is -2.29. The zero-order valence-corrected chi connectivity index (χ0v) is 12.4. The first-order valence-corrected chi connectivity index (χ1v) is 6.77. The van der Waals surface area contributed by atoms with Crippen LogP contribution in [-0.2, 0) is 14.3 Å². The molecule has 22 heavy (non-hydrogen) atoms. The van der Waals surface area contributed by atoms with Gasteiger partial charge in [-0.15, -0.1) is 0 Å². The molecule has 0 radical (unpaired) electrons. The van der Waals surface area contributed by atoms with Crippen LogP contribution in [0.2, 0.25) is 5.02 Å². The van der Waals surface area contributed by atoms with Crippen molar-refractivity contribution in [3.05, 3.63) is 53.6 Å². The molecular weight excluding hydrogens is 308 g/mol. The Labute approximate surface area is 131 Å². The molecule has 2 rings (SSSR count). The Morgan fingerprint density at radius 2 is 2.23 bits per heavy atom. The lowest BCUT2D eigenvalue weighted by Gasteiger charge is -2.11. The van der Waals surface area contributed by atoms with Gasteiger partial charge in [-0.3, -0.25) is 4.79 Å². The fraction of sp³-hybridized carbons (Fsp3) is 0.133. The van der Waals surface area contributed by atoms with E-state index in [2.05, 4.69) is 10.3 Å². The molecule has 7 heteroatoms. The molecule has 0 aliphatic heterocycles. The van der Waals surface area contributed by atoms with Crippen molar-refractivity contribution < 1.29 is 18.7 Å². The number of halogens is 1. The average molecular weight is 321 g/mol. The standard InChI is InChI=1S/C15H13ClN2O4/c1-10(15(20)18-13-6-4-11(16)9-17-13)22-14(19)7-5-12-3-2-8-21-12/h2-10H,1H3,(H,17,18,20)/b7-5+/t10-/m1/s1. The second-order valence-electron chi connectivity index (χ2n) is 4.28. The van der Waals surface area contributed by atoms with E-state index in [0.29, 0.717) is 16.6 Å². The zero-order valence-electron chi connectivity index (χ0n) is 11.7. The average Bonchev–Trinajstić information content (AvgIpc) is 3.01. The normalized spacial score (nSPS) is 12.1. The monoisotopic (exact) mass is 320 g/mol. The maximum absolute atomic E-state index is 11.9. The van der Waals surface area contributed by atoms with Crippen LogP contribution in [0.4, 0.5) is 5.82 Å². The van der Waals surface area contributed by atoms with E-state index in [0.717, 1.165) is 0 Å². The number of ether oxygens (including phenoxy) is 1. The van der Waals surface area contributed by atoms with Crippen LogP contribution in [0, 0.1) is 0 Å². The van der Waals surface area contributed by atoms with Gasteiger partial charge in [-0.1, -0.05) is 11.6 Å². The lowest BCUT2D eigenvalue weighted by atomic mass is 10.3. The van der Waals surface area contributed by atoms with Crippen LogP contribution in [0.3, 0.4) is 0 Å².